The standard InChI is InChI=1S/C15H14N2O5/c18-14(16-8-1-3-9(4-2-8)17(20)21)12-7-5-10-11(6-7)22-15(19)13(10)12/h1-4,7,10-13H,5-6H2,(H,16,18)/t7-,10-,11+,12-,13-/m1/s1. The molecule has 0 radical (unpaired) electrons. The first kappa shape index (κ1) is 13.2. The van der Waals surface area contributed by atoms with Gasteiger partial charge in [-0.15, -0.1) is 0 Å². The quantitative estimate of drug-likeness (QED) is 0.521. The van der Waals surface area contributed by atoms with Crippen LogP contribution < -0.4 is 5.32 Å². The summed E-state index contributed by atoms with van der Waals surface area (Å²) in [5.41, 5.74) is 0.474. The number of carbonyl (C=O) groups is 2. The van der Waals surface area contributed by atoms with Crippen LogP contribution in [0.25, 0.3) is 0 Å². The maximum absolute atomic E-state index is 12.5. The summed E-state index contributed by atoms with van der Waals surface area (Å²) in [4.78, 5) is 34.5. The number of carbonyl (C=O) groups excluding carboxylic acids is 2. The summed E-state index contributed by atoms with van der Waals surface area (Å²) in [6.45, 7) is 0. The van der Waals surface area contributed by atoms with Crippen molar-refractivity contribution in [2.75, 3.05) is 5.32 Å². The number of fused-ring (bicyclic) bond motifs is 1. The molecule has 2 saturated carbocycles. The van der Waals surface area contributed by atoms with Crippen LogP contribution in [0.2, 0.25) is 0 Å². The highest BCUT2D eigenvalue weighted by molar-refractivity contribution is 5.97. The van der Waals surface area contributed by atoms with Crippen LogP contribution >= 0.6 is 0 Å². The minimum Gasteiger partial charge on any atom is -0.462 e. The van der Waals surface area contributed by atoms with E-state index in [9.17, 15) is 19.7 Å². The molecule has 0 spiro atoms. The molecule has 1 aromatic carbocycles. The Labute approximate surface area is 125 Å². The van der Waals surface area contributed by atoms with E-state index >= 15 is 0 Å². The van der Waals surface area contributed by atoms with E-state index in [1.165, 1.54) is 24.3 Å². The molecular formula is C15H14N2O5. The highest BCUT2D eigenvalue weighted by atomic mass is 16.6. The third kappa shape index (κ3) is 1.81. The molecule has 1 heterocycles. The van der Waals surface area contributed by atoms with Gasteiger partial charge in [-0.05, 0) is 30.9 Å². The van der Waals surface area contributed by atoms with Crippen LogP contribution in [0.3, 0.4) is 0 Å². The molecule has 3 aliphatic rings. The number of hydrogen-bond donors (Lipinski definition) is 1. The second-order valence-corrected chi connectivity index (χ2v) is 6.22. The zero-order chi connectivity index (χ0) is 15.4. The number of non-ortho nitro benzene ring substituents is 1. The Balaban J connectivity index is 1.51. The van der Waals surface area contributed by atoms with Gasteiger partial charge in [0, 0.05) is 23.7 Å². The predicted octanol–water partition coefficient (Wildman–Crippen LogP) is 1.73. The van der Waals surface area contributed by atoms with Gasteiger partial charge in [0.2, 0.25) is 5.91 Å². The Morgan fingerprint density at radius 3 is 2.68 bits per heavy atom. The van der Waals surface area contributed by atoms with E-state index < -0.39 is 4.92 Å². The number of esters is 1. The molecule has 1 N–H and O–H groups in total. The lowest BCUT2D eigenvalue weighted by Crippen LogP contribution is -2.35. The summed E-state index contributed by atoms with van der Waals surface area (Å²) in [5, 5.41) is 13.4. The number of nitro groups is 1. The van der Waals surface area contributed by atoms with E-state index in [1.54, 1.807) is 0 Å². The van der Waals surface area contributed by atoms with E-state index in [0.29, 0.717) is 5.69 Å². The first-order valence-corrected chi connectivity index (χ1v) is 7.30. The Bertz CT molecular complexity index is 669. The SMILES string of the molecule is O=C(Nc1ccc([N+](=O)[O-])cc1)[C@@H]1[C@@H]2C[C@H]3[C@H]1C(=O)O[C@H]3C2. The van der Waals surface area contributed by atoms with E-state index in [2.05, 4.69) is 5.32 Å². The monoisotopic (exact) mass is 302 g/mol. The van der Waals surface area contributed by atoms with Crippen molar-refractivity contribution in [1.29, 1.82) is 0 Å². The number of ether oxygens (including phenoxy) is 1. The third-order valence-electron chi connectivity index (χ3n) is 5.13. The van der Waals surface area contributed by atoms with Crippen molar-refractivity contribution in [3.63, 3.8) is 0 Å². The fourth-order valence-corrected chi connectivity index (χ4v) is 4.26. The smallest absolute Gasteiger partial charge is 0.310 e. The molecule has 3 fully saturated rings. The van der Waals surface area contributed by atoms with Crippen LogP contribution in [0.5, 0.6) is 0 Å². The molecule has 7 heteroatoms. The van der Waals surface area contributed by atoms with E-state index in [0.717, 1.165) is 12.8 Å². The number of hydrogen-bond acceptors (Lipinski definition) is 5. The molecule has 0 unspecified atom stereocenters. The lowest BCUT2D eigenvalue weighted by Gasteiger charge is -2.23. The number of nitrogens with zero attached hydrogens (tertiary/aromatic N) is 1. The molecule has 1 aromatic rings. The number of rotatable bonds is 3. The first-order chi connectivity index (χ1) is 10.5. The topological polar surface area (TPSA) is 98.5 Å². The van der Waals surface area contributed by atoms with Crippen LogP contribution in [0.15, 0.2) is 24.3 Å². The molecule has 5 atom stereocenters. The maximum atomic E-state index is 12.5. The van der Waals surface area contributed by atoms with E-state index in [-0.39, 0.29) is 47.3 Å². The molecular weight excluding hydrogens is 288 g/mol. The number of nitro benzene ring substituents is 1. The molecule has 1 saturated heterocycles. The highest BCUT2D eigenvalue weighted by Gasteiger charge is 2.63. The van der Waals surface area contributed by atoms with Gasteiger partial charge in [0.25, 0.3) is 5.69 Å². The molecule has 1 amide bonds. The van der Waals surface area contributed by atoms with Crippen molar-refractivity contribution < 1.29 is 19.2 Å². The second kappa shape index (κ2) is 4.53. The Morgan fingerprint density at radius 1 is 1.27 bits per heavy atom. The Hall–Kier alpha value is -2.44. The summed E-state index contributed by atoms with van der Waals surface area (Å²) in [5.74, 6) is -0.717. The molecule has 22 heavy (non-hydrogen) atoms. The van der Waals surface area contributed by atoms with Gasteiger partial charge in [0.1, 0.15) is 6.10 Å². The largest absolute Gasteiger partial charge is 0.462 e. The van der Waals surface area contributed by atoms with Crippen molar-refractivity contribution in [3.05, 3.63) is 34.4 Å². The van der Waals surface area contributed by atoms with Gasteiger partial charge in [0.15, 0.2) is 0 Å². The summed E-state index contributed by atoms with van der Waals surface area (Å²) < 4.78 is 5.32. The van der Waals surface area contributed by atoms with Crippen LogP contribution in [0.4, 0.5) is 11.4 Å². The molecule has 7 nitrogen and oxygen atoms in total. The van der Waals surface area contributed by atoms with E-state index in [1.807, 2.05) is 0 Å². The number of benzene rings is 1. The Kier molecular flexibility index (Phi) is 2.72. The lowest BCUT2D eigenvalue weighted by atomic mass is 9.79. The van der Waals surface area contributed by atoms with Gasteiger partial charge in [-0.3, -0.25) is 19.7 Å². The average Bonchev–Trinajstić information content (AvgIpc) is 3.09. The van der Waals surface area contributed by atoms with Gasteiger partial charge in [-0.1, -0.05) is 0 Å². The van der Waals surface area contributed by atoms with Crippen molar-refractivity contribution in [2.24, 2.45) is 23.7 Å². The summed E-state index contributed by atoms with van der Waals surface area (Å²) in [7, 11) is 0. The first-order valence-electron chi connectivity index (χ1n) is 7.30. The van der Waals surface area contributed by atoms with Gasteiger partial charge < -0.3 is 10.1 Å². The fraction of sp³-hybridized carbons (Fsp3) is 0.467. The summed E-state index contributed by atoms with van der Waals surface area (Å²) >= 11 is 0. The molecule has 0 aromatic heterocycles. The van der Waals surface area contributed by atoms with Crippen LogP contribution in [0.1, 0.15) is 12.8 Å². The number of amides is 1. The molecule has 2 bridgehead atoms. The van der Waals surface area contributed by atoms with Gasteiger partial charge in [-0.2, -0.15) is 0 Å². The molecule has 2 aliphatic carbocycles. The van der Waals surface area contributed by atoms with Gasteiger partial charge >= 0.3 is 5.97 Å². The summed E-state index contributed by atoms with van der Waals surface area (Å²) in [6.07, 6.45) is 1.65. The Morgan fingerprint density at radius 2 is 2.00 bits per heavy atom. The van der Waals surface area contributed by atoms with E-state index in [4.69, 9.17) is 4.74 Å². The molecule has 114 valence electrons. The average molecular weight is 302 g/mol. The zero-order valence-electron chi connectivity index (χ0n) is 11.6. The lowest BCUT2D eigenvalue weighted by molar-refractivity contribution is -0.384. The normalized spacial score (nSPS) is 34.5. The van der Waals surface area contributed by atoms with Crippen molar-refractivity contribution in [1.82, 2.24) is 0 Å². The van der Waals surface area contributed by atoms with Crippen LogP contribution in [0, 0.1) is 33.8 Å². The van der Waals surface area contributed by atoms with Crippen molar-refractivity contribution in [2.45, 2.75) is 18.9 Å². The number of nitrogens with one attached hydrogen (secondary N) is 1. The maximum Gasteiger partial charge on any atom is 0.310 e. The van der Waals surface area contributed by atoms with Crippen LogP contribution in [-0.4, -0.2) is 22.9 Å². The van der Waals surface area contributed by atoms with Gasteiger partial charge in [0.05, 0.1) is 16.8 Å². The summed E-state index contributed by atoms with van der Waals surface area (Å²) in [6, 6.07) is 5.69. The molecule has 1 aliphatic heterocycles. The van der Waals surface area contributed by atoms with Crippen molar-refractivity contribution >= 4 is 23.3 Å². The van der Waals surface area contributed by atoms with Crippen LogP contribution in [-0.2, 0) is 14.3 Å². The predicted molar refractivity (Wildman–Crippen MR) is 74.8 cm³/mol. The zero-order valence-corrected chi connectivity index (χ0v) is 11.6. The third-order valence-corrected chi connectivity index (χ3v) is 5.13. The highest BCUT2D eigenvalue weighted by Crippen LogP contribution is 2.57. The van der Waals surface area contributed by atoms with Crippen molar-refractivity contribution in [3.8, 4) is 0 Å². The molecule has 4 rings (SSSR count). The minimum absolute atomic E-state index is 0.00549. The minimum atomic E-state index is -0.490. The number of anilines is 1. The second-order valence-electron chi connectivity index (χ2n) is 6.22. The van der Waals surface area contributed by atoms with Gasteiger partial charge in [-0.25, -0.2) is 0 Å². The fourth-order valence-electron chi connectivity index (χ4n) is 4.26.